The largest absolute Gasteiger partial charge is 0.379 e. The van der Waals surface area contributed by atoms with Gasteiger partial charge in [0.1, 0.15) is 0 Å². The molecule has 1 aromatic heterocycles. The van der Waals surface area contributed by atoms with Gasteiger partial charge in [0.2, 0.25) is 0 Å². The highest BCUT2D eigenvalue weighted by Crippen LogP contribution is 2.06. The second-order valence-electron chi connectivity index (χ2n) is 1.73. The third-order valence-corrected chi connectivity index (χ3v) is 1.70. The molecule has 1 heterocycles. The van der Waals surface area contributed by atoms with E-state index in [1.807, 2.05) is 0 Å². The van der Waals surface area contributed by atoms with Crippen LogP contribution in [0.1, 0.15) is 5.69 Å². The van der Waals surface area contributed by atoms with Gasteiger partial charge in [-0.05, 0) is 0 Å². The fourth-order valence-corrected chi connectivity index (χ4v) is 0.988. The Bertz CT molecular complexity index is 205. The molecule has 54 valence electrons. The SMILES string of the molecule is N=C(N)SCc1cnc[nH]1. The second-order valence-corrected chi connectivity index (χ2v) is 2.75. The van der Waals surface area contributed by atoms with Gasteiger partial charge in [-0.1, -0.05) is 11.8 Å². The minimum atomic E-state index is 0.134. The number of imidazole rings is 1. The average Bonchev–Trinajstić information content (AvgIpc) is 2.34. The van der Waals surface area contributed by atoms with Crippen molar-refractivity contribution in [2.45, 2.75) is 5.75 Å². The molecule has 0 atom stereocenters. The van der Waals surface area contributed by atoms with Crippen LogP contribution in [-0.2, 0) is 5.75 Å². The topological polar surface area (TPSA) is 78.6 Å². The summed E-state index contributed by atoms with van der Waals surface area (Å²) in [6.07, 6.45) is 3.33. The van der Waals surface area contributed by atoms with Crippen molar-refractivity contribution in [2.24, 2.45) is 5.73 Å². The quantitative estimate of drug-likeness (QED) is 0.432. The van der Waals surface area contributed by atoms with Gasteiger partial charge in [0.25, 0.3) is 0 Å². The molecule has 0 radical (unpaired) electrons. The maximum absolute atomic E-state index is 6.90. The third-order valence-electron chi connectivity index (χ3n) is 0.938. The predicted molar refractivity (Wildman–Crippen MR) is 41.8 cm³/mol. The lowest BCUT2D eigenvalue weighted by molar-refractivity contribution is 1.23. The molecule has 0 aliphatic carbocycles. The van der Waals surface area contributed by atoms with Gasteiger partial charge in [0.15, 0.2) is 5.17 Å². The normalized spacial score (nSPS) is 9.60. The van der Waals surface area contributed by atoms with Crippen molar-refractivity contribution in [2.75, 3.05) is 0 Å². The summed E-state index contributed by atoms with van der Waals surface area (Å²) >= 11 is 1.28. The number of aromatic nitrogens is 2. The Morgan fingerprint density at radius 1 is 1.90 bits per heavy atom. The van der Waals surface area contributed by atoms with Crippen LogP contribution in [0, 0.1) is 5.41 Å². The Labute approximate surface area is 62.7 Å². The molecule has 0 bridgehead atoms. The van der Waals surface area contributed by atoms with Crippen molar-refractivity contribution >= 4 is 16.9 Å². The zero-order chi connectivity index (χ0) is 7.40. The van der Waals surface area contributed by atoms with Crippen LogP contribution in [0.2, 0.25) is 0 Å². The summed E-state index contributed by atoms with van der Waals surface area (Å²) in [4.78, 5) is 6.73. The number of nitrogens with one attached hydrogen (secondary N) is 2. The molecule has 0 amide bonds. The fraction of sp³-hybridized carbons (Fsp3) is 0.200. The first-order valence-electron chi connectivity index (χ1n) is 2.73. The summed E-state index contributed by atoms with van der Waals surface area (Å²) in [6, 6.07) is 0. The second kappa shape index (κ2) is 3.26. The summed E-state index contributed by atoms with van der Waals surface area (Å²) < 4.78 is 0. The Morgan fingerprint density at radius 2 is 2.70 bits per heavy atom. The first-order chi connectivity index (χ1) is 4.79. The summed E-state index contributed by atoms with van der Waals surface area (Å²) in [6.45, 7) is 0. The number of H-pyrrole nitrogens is 1. The van der Waals surface area contributed by atoms with E-state index in [1.54, 1.807) is 12.5 Å². The highest BCUT2D eigenvalue weighted by Gasteiger charge is 1.94. The first-order valence-corrected chi connectivity index (χ1v) is 3.71. The molecule has 10 heavy (non-hydrogen) atoms. The molecule has 0 fully saturated rings. The van der Waals surface area contributed by atoms with Gasteiger partial charge in [-0.2, -0.15) is 0 Å². The predicted octanol–water partition coefficient (Wildman–Crippen LogP) is 0.536. The summed E-state index contributed by atoms with van der Waals surface area (Å²) in [5.41, 5.74) is 6.11. The van der Waals surface area contributed by atoms with E-state index in [9.17, 15) is 0 Å². The number of hydrogen-bond acceptors (Lipinski definition) is 3. The molecule has 4 nitrogen and oxygen atoms in total. The van der Waals surface area contributed by atoms with Gasteiger partial charge in [-0.25, -0.2) is 4.98 Å². The van der Waals surface area contributed by atoms with E-state index >= 15 is 0 Å². The molecular weight excluding hydrogens is 148 g/mol. The maximum Gasteiger partial charge on any atom is 0.151 e. The molecule has 5 heteroatoms. The number of nitrogens with two attached hydrogens (primary N) is 1. The number of nitrogens with zero attached hydrogens (tertiary/aromatic N) is 1. The smallest absolute Gasteiger partial charge is 0.151 e. The highest BCUT2D eigenvalue weighted by molar-refractivity contribution is 8.13. The van der Waals surface area contributed by atoms with Crippen LogP contribution in [0.3, 0.4) is 0 Å². The summed E-state index contributed by atoms with van der Waals surface area (Å²) in [5, 5.41) is 7.04. The average molecular weight is 156 g/mol. The van der Waals surface area contributed by atoms with Crippen molar-refractivity contribution in [3.63, 3.8) is 0 Å². The molecule has 4 N–H and O–H groups in total. The van der Waals surface area contributed by atoms with E-state index in [0.29, 0.717) is 5.75 Å². The summed E-state index contributed by atoms with van der Waals surface area (Å²) in [5.74, 6) is 0.690. The monoisotopic (exact) mass is 156 g/mol. The van der Waals surface area contributed by atoms with Gasteiger partial charge in [0.05, 0.1) is 6.33 Å². The van der Waals surface area contributed by atoms with Gasteiger partial charge < -0.3 is 10.7 Å². The van der Waals surface area contributed by atoms with Crippen molar-refractivity contribution in [3.05, 3.63) is 18.2 Å². The van der Waals surface area contributed by atoms with Crippen molar-refractivity contribution in [1.82, 2.24) is 9.97 Å². The van der Waals surface area contributed by atoms with E-state index in [-0.39, 0.29) is 5.17 Å². The number of hydrogen-bond donors (Lipinski definition) is 3. The van der Waals surface area contributed by atoms with Gasteiger partial charge in [-0.15, -0.1) is 0 Å². The van der Waals surface area contributed by atoms with E-state index in [1.165, 1.54) is 11.8 Å². The number of amidine groups is 1. The van der Waals surface area contributed by atoms with E-state index in [0.717, 1.165) is 5.69 Å². The molecule has 0 aromatic carbocycles. The van der Waals surface area contributed by atoms with Crippen LogP contribution >= 0.6 is 11.8 Å². The lowest BCUT2D eigenvalue weighted by Gasteiger charge is -1.93. The Kier molecular flexibility index (Phi) is 2.33. The van der Waals surface area contributed by atoms with Gasteiger partial charge in [0, 0.05) is 17.6 Å². The van der Waals surface area contributed by atoms with Gasteiger partial charge >= 0.3 is 0 Å². The summed E-state index contributed by atoms with van der Waals surface area (Å²) in [7, 11) is 0. The molecule has 0 saturated carbocycles. The molecule has 0 aliphatic heterocycles. The van der Waals surface area contributed by atoms with E-state index in [2.05, 4.69) is 9.97 Å². The number of aromatic amines is 1. The minimum Gasteiger partial charge on any atom is -0.379 e. The Hall–Kier alpha value is -0.970. The van der Waals surface area contributed by atoms with Crippen LogP contribution in [0.15, 0.2) is 12.5 Å². The Morgan fingerprint density at radius 3 is 3.20 bits per heavy atom. The van der Waals surface area contributed by atoms with Crippen LogP contribution in [0.4, 0.5) is 0 Å². The molecule has 0 saturated heterocycles. The Balaban J connectivity index is 2.35. The zero-order valence-corrected chi connectivity index (χ0v) is 6.11. The standard InChI is InChI=1S/C5H8N4S/c6-5(7)10-2-4-1-8-3-9-4/h1,3H,2H2,(H3,6,7)(H,8,9). The van der Waals surface area contributed by atoms with Crippen molar-refractivity contribution in [3.8, 4) is 0 Å². The van der Waals surface area contributed by atoms with E-state index in [4.69, 9.17) is 11.1 Å². The molecule has 1 aromatic rings. The van der Waals surface area contributed by atoms with Crippen LogP contribution in [-0.4, -0.2) is 15.1 Å². The highest BCUT2D eigenvalue weighted by atomic mass is 32.2. The molecule has 1 rings (SSSR count). The van der Waals surface area contributed by atoms with Crippen LogP contribution in [0.25, 0.3) is 0 Å². The molecule has 0 unspecified atom stereocenters. The molecule has 0 spiro atoms. The zero-order valence-electron chi connectivity index (χ0n) is 5.29. The third kappa shape index (κ3) is 2.10. The van der Waals surface area contributed by atoms with Crippen molar-refractivity contribution < 1.29 is 0 Å². The fourth-order valence-electron chi connectivity index (χ4n) is 0.519. The lowest BCUT2D eigenvalue weighted by Crippen LogP contribution is -2.03. The maximum atomic E-state index is 6.90. The lowest BCUT2D eigenvalue weighted by atomic mass is 10.6. The van der Waals surface area contributed by atoms with Crippen LogP contribution < -0.4 is 5.73 Å². The minimum absolute atomic E-state index is 0.134. The van der Waals surface area contributed by atoms with Crippen LogP contribution in [0.5, 0.6) is 0 Å². The molecular formula is C5H8N4S. The van der Waals surface area contributed by atoms with Gasteiger partial charge in [-0.3, -0.25) is 5.41 Å². The van der Waals surface area contributed by atoms with E-state index < -0.39 is 0 Å². The number of thioether (sulfide) groups is 1. The first kappa shape index (κ1) is 7.14. The number of rotatable bonds is 2. The van der Waals surface area contributed by atoms with Crippen molar-refractivity contribution in [1.29, 1.82) is 5.41 Å². The molecule has 0 aliphatic rings.